The first-order chi connectivity index (χ1) is 10.1. The lowest BCUT2D eigenvalue weighted by atomic mass is 9.92. The molecule has 0 aromatic rings. The SMILES string of the molecule is CCN1CCCC1CN(C)CC(NC)(C(=O)OC)C1CC1. The molecule has 122 valence electrons. The molecule has 21 heavy (non-hydrogen) atoms. The second-order valence-corrected chi connectivity index (χ2v) is 6.61. The van der Waals surface area contributed by atoms with Gasteiger partial charge in [-0.15, -0.1) is 0 Å². The van der Waals surface area contributed by atoms with Crippen molar-refractivity contribution in [2.24, 2.45) is 5.92 Å². The van der Waals surface area contributed by atoms with Gasteiger partial charge >= 0.3 is 5.97 Å². The van der Waals surface area contributed by atoms with Crippen LogP contribution in [0.1, 0.15) is 32.6 Å². The molecule has 1 aliphatic carbocycles. The highest BCUT2D eigenvalue weighted by molar-refractivity contribution is 5.82. The third-order valence-electron chi connectivity index (χ3n) is 5.22. The number of likely N-dealkylation sites (N-methyl/N-ethyl adjacent to an activating group) is 3. The summed E-state index contributed by atoms with van der Waals surface area (Å²) in [5.41, 5.74) is -0.529. The third-order valence-corrected chi connectivity index (χ3v) is 5.22. The molecule has 0 spiro atoms. The fourth-order valence-electron chi connectivity index (χ4n) is 3.87. The third kappa shape index (κ3) is 3.58. The molecule has 0 bridgehead atoms. The standard InChI is InChI=1S/C16H31N3O2/c1-5-19-10-6-7-14(19)11-18(3)12-16(17-2,13-8-9-13)15(20)21-4/h13-14,17H,5-12H2,1-4H3. The molecule has 0 radical (unpaired) electrons. The number of hydrogen-bond donors (Lipinski definition) is 1. The summed E-state index contributed by atoms with van der Waals surface area (Å²) in [6.45, 7) is 6.33. The summed E-state index contributed by atoms with van der Waals surface area (Å²) in [4.78, 5) is 17.2. The average molecular weight is 297 g/mol. The molecule has 1 aliphatic heterocycles. The number of carbonyl (C=O) groups is 1. The molecule has 2 unspecified atom stereocenters. The monoisotopic (exact) mass is 297 g/mol. The van der Waals surface area contributed by atoms with Crippen LogP contribution in [-0.2, 0) is 9.53 Å². The van der Waals surface area contributed by atoms with Gasteiger partial charge in [0.1, 0.15) is 5.54 Å². The van der Waals surface area contributed by atoms with Crippen molar-refractivity contribution in [3.05, 3.63) is 0 Å². The average Bonchev–Trinajstić information content (AvgIpc) is 3.25. The maximum atomic E-state index is 12.3. The fraction of sp³-hybridized carbons (Fsp3) is 0.938. The van der Waals surface area contributed by atoms with Gasteiger partial charge < -0.3 is 15.0 Å². The van der Waals surface area contributed by atoms with Crippen molar-refractivity contribution in [2.45, 2.75) is 44.2 Å². The van der Waals surface area contributed by atoms with Gasteiger partial charge in [-0.25, -0.2) is 4.79 Å². The molecule has 2 fully saturated rings. The van der Waals surface area contributed by atoms with Crippen molar-refractivity contribution in [1.82, 2.24) is 15.1 Å². The zero-order valence-electron chi connectivity index (χ0n) is 14.0. The van der Waals surface area contributed by atoms with Crippen LogP contribution in [0.4, 0.5) is 0 Å². The lowest BCUT2D eigenvalue weighted by Gasteiger charge is -2.36. The summed E-state index contributed by atoms with van der Waals surface area (Å²) in [6.07, 6.45) is 4.80. The largest absolute Gasteiger partial charge is 0.468 e. The van der Waals surface area contributed by atoms with Crippen molar-refractivity contribution >= 4 is 5.97 Å². The van der Waals surface area contributed by atoms with Gasteiger partial charge in [0.05, 0.1) is 7.11 Å². The van der Waals surface area contributed by atoms with Gasteiger partial charge in [0.15, 0.2) is 0 Å². The Labute approximate surface area is 129 Å². The van der Waals surface area contributed by atoms with E-state index in [9.17, 15) is 4.79 Å². The van der Waals surface area contributed by atoms with E-state index in [4.69, 9.17) is 4.74 Å². The predicted molar refractivity (Wildman–Crippen MR) is 84.3 cm³/mol. The van der Waals surface area contributed by atoms with E-state index in [0.717, 1.165) is 32.5 Å². The Morgan fingerprint density at radius 1 is 1.43 bits per heavy atom. The van der Waals surface area contributed by atoms with Crippen molar-refractivity contribution in [1.29, 1.82) is 0 Å². The van der Waals surface area contributed by atoms with Crippen LogP contribution in [0.2, 0.25) is 0 Å². The number of likely N-dealkylation sites (tertiary alicyclic amines) is 1. The van der Waals surface area contributed by atoms with E-state index in [0.29, 0.717) is 12.0 Å². The van der Waals surface area contributed by atoms with Gasteiger partial charge in [-0.2, -0.15) is 0 Å². The number of methoxy groups -OCH3 is 1. The zero-order valence-corrected chi connectivity index (χ0v) is 14.0. The quantitative estimate of drug-likeness (QED) is 0.676. The lowest BCUT2D eigenvalue weighted by Crippen LogP contribution is -2.60. The number of hydrogen-bond acceptors (Lipinski definition) is 5. The van der Waals surface area contributed by atoms with Crippen LogP contribution in [0.15, 0.2) is 0 Å². The van der Waals surface area contributed by atoms with E-state index in [1.807, 2.05) is 7.05 Å². The van der Waals surface area contributed by atoms with E-state index in [-0.39, 0.29) is 5.97 Å². The number of rotatable bonds is 8. The van der Waals surface area contributed by atoms with E-state index in [1.54, 1.807) is 0 Å². The second kappa shape index (κ2) is 7.07. The number of nitrogens with one attached hydrogen (secondary N) is 1. The minimum absolute atomic E-state index is 0.113. The highest BCUT2D eigenvalue weighted by atomic mass is 16.5. The first-order valence-electron chi connectivity index (χ1n) is 8.27. The molecule has 1 saturated heterocycles. The molecule has 0 amide bonds. The van der Waals surface area contributed by atoms with Gasteiger partial charge in [0.2, 0.25) is 0 Å². The van der Waals surface area contributed by atoms with Crippen LogP contribution < -0.4 is 5.32 Å². The Morgan fingerprint density at radius 2 is 2.14 bits per heavy atom. The predicted octanol–water partition coefficient (Wildman–Crippen LogP) is 0.944. The van der Waals surface area contributed by atoms with Crippen LogP contribution >= 0.6 is 0 Å². The van der Waals surface area contributed by atoms with E-state index in [2.05, 4.69) is 29.1 Å². The van der Waals surface area contributed by atoms with Crippen LogP contribution in [0.25, 0.3) is 0 Å². The minimum Gasteiger partial charge on any atom is -0.468 e. The van der Waals surface area contributed by atoms with Crippen LogP contribution in [0.5, 0.6) is 0 Å². The Balaban J connectivity index is 1.98. The van der Waals surface area contributed by atoms with Crippen molar-refractivity contribution in [3.63, 3.8) is 0 Å². The zero-order chi connectivity index (χ0) is 15.5. The Hall–Kier alpha value is -0.650. The van der Waals surface area contributed by atoms with Gasteiger partial charge in [-0.05, 0) is 58.8 Å². The summed E-state index contributed by atoms with van der Waals surface area (Å²) < 4.78 is 5.08. The molecular formula is C16H31N3O2. The topological polar surface area (TPSA) is 44.8 Å². The first kappa shape index (κ1) is 16.7. The highest BCUT2D eigenvalue weighted by Gasteiger charge is 2.51. The number of nitrogens with zero attached hydrogens (tertiary/aromatic N) is 2. The fourth-order valence-corrected chi connectivity index (χ4v) is 3.87. The van der Waals surface area contributed by atoms with Crippen LogP contribution in [-0.4, -0.2) is 74.7 Å². The molecule has 1 N–H and O–H groups in total. The highest BCUT2D eigenvalue weighted by Crippen LogP contribution is 2.40. The molecular weight excluding hydrogens is 266 g/mol. The van der Waals surface area contributed by atoms with Gasteiger partial charge in [0, 0.05) is 19.1 Å². The Kier molecular flexibility index (Phi) is 5.63. The van der Waals surface area contributed by atoms with Gasteiger partial charge in [-0.1, -0.05) is 6.92 Å². The van der Waals surface area contributed by atoms with E-state index < -0.39 is 5.54 Å². The summed E-state index contributed by atoms with van der Waals surface area (Å²) >= 11 is 0. The van der Waals surface area contributed by atoms with Crippen molar-refractivity contribution < 1.29 is 9.53 Å². The van der Waals surface area contributed by atoms with Crippen LogP contribution in [0, 0.1) is 5.92 Å². The molecule has 2 rings (SSSR count). The number of carbonyl (C=O) groups excluding carboxylic acids is 1. The van der Waals surface area contributed by atoms with Gasteiger partial charge in [0.25, 0.3) is 0 Å². The molecule has 5 nitrogen and oxygen atoms in total. The van der Waals surface area contributed by atoms with E-state index >= 15 is 0 Å². The number of ether oxygens (including phenoxy) is 1. The Morgan fingerprint density at radius 3 is 2.67 bits per heavy atom. The number of esters is 1. The first-order valence-corrected chi connectivity index (χ1v) is 8.27. The summed E-state index contributed by atoms with van der Waals surface area (Å²) in [6, 6.07) is 0.631. The molecule has 2 aliphatic rings. The minimum atomic E-state index is -0.529. The van der Waals surface area contributed by atoms with Crippen molar-refractivity contribution in [2.75, 3.05) is 47.4 Å². The van der Waals surface area contributed by atoms with Crippen molar-refractivity contribution in [3.8, 4) is 0 Å². The molecule has 2 atom stereocenters. The normalized spacial score (nSPS) is 26.0. The lowest BCUT2D eigenvalue weighted by molar-refractivity contribution is -0.150. The summed E-state index contributed by atoms with van der Waals surface area (Å²) in [5.74, 6) is 0.307. The molecule has 0 aromatic heterocycles. The molecule has 1 saturated carbocycles. The molecule has 1 heterocycles. The van der Waals surface area contributed by atoms with E-state index in [1.165, 1.54) is 26.5 Å². The smallest absolute Gasteiger partial charge is 0.327 e. The summed E-state index contributed by atoms with van der Waals surface area (Å²) in [7, 11) is 5.51. The van der Waals surface area contributed by atoms with Gasteiger partial charge in [-0.3, -0.25) is 4.90 Å². The van der Waals surface area contributed by atoms with Crippen LogP contribution in [0.3, 0.4) is 0 Å². The summed E-state index contributed by atoms with van der Waals surface area (Å²) in [5, 5.41) is 3.28. The Bertz CT molecular complexity index is 359. The molecule has 0 aromatic carbocycles. The maximum Gasteiger partial charge on any atom is 0.327 e. The second-order valence-electron chi connectivity index (χ2n) is 6.61. The molecule has 5 heteroatoms. The maximum absolute atomic E-state index is 12.3.